The SMILES string of the molecule is CC(C)CC(CNCC1CNNC1c1ccccc1)C(=O)O. The van der Waals surface area contributed by atoms with Crippen molar-refractivity contribution in [2.75, 3.05) is 19.6 Å². The second-order valence-corrected chi connectivity index (χ2v) is 6.50. The summed E-state index contributed by atoms with van der Waals surface area (Å²) in [6.45, 7) is 6.35. The molecule has 1 fully saturated rings. The van der Waals surface area contributed by atoms with Crippen molar-refractivity contribution in [2.24, 2.45) is 17.8 Å². The third kappa shape index (κ3) is 4.80. The van der Waals surface area contributed by atoms with Gasteiger partial charge in [0, 0.05) is 25.6 Å². The predicted molar refractivity (Wildman–Crippen MR) is 87.3 cm³/mol. The molecular formula is C17H27N3O2. The first-order valence-electron chi connectivity index (χ1n) is 8.04. The highest BCUT2D eigenvalue weighted by atomic mass is 16.4. The van der Waals surface area contributed by atoms with Gasteiger partial charge in [0.2, 0.25) is 0 Å². The van der Waals surface area contributed by atoms with E-state index in [4.69, 9.17) is 0 Å². The molecule has 3 unspecified atom stereocenters. The summed E-state index contributed by atoms with van der Waals surface area (Å²) in [6, 6.07) is 10.6. The summed E-state index contributed by atoms with van der Waals surface area (Å²) in [5, 5.41) is 12.6. The Morgan fingerprint density at radius 1 is 1.36 bits per heavy atom. The molecule has 1 saturated heterocycles. The average Bonchev–Trinajstić information content (AvgIpc) is 2.95. The number of aliphatic carboxylic acids is 1. The van der Waals surface area contributed by atoms with E-state index in [0.717, 1.165) is 13.1 Å². The lowest BCUT2D eigenvalue weighted by Gasteiger charge is -2.21. The lowest BCUT2D eigenvalue weighted by atomic mass is 9.94. The predicted octanol–water partition coefficient (Wildman–Crippen LogP) is 1.79. The Hall–Kier alpha value is -1.43. The molecule has 22 heavy (non-hydrogen) atoms. The summed E-state index contributed by atoms with van der Waals surface area (Å²) in [5.74, 6) is -0.202. The molecule has 3 atom stereocenters. The quantitative estimate of drug-likeness (QED) is 0.589. The van der Waals surface area contributed by atoms with E-state index in [1.54, 1.807) is 0 Å². The molecule has 1 aliphatic rings. The van der Waals surface area contributed by atoms with Gasteiger partial charge in [-0.3, -0.25) is 10.2 Å². The van der Waals surface area contributed by atoms with Crippen molar-refractivity contribution in [3.8, 4) is 0 Å². The van der Waals surface area contributed by atoms with Gasteiger partial charge in [0.1, 0.15) is 0 Å². The van der Waals surface area contributed by atoms with Crippen LogP contribution < -0.4 is 16.2 Å². The lowest BCUT2D eigenvalue weighted by molar-refractivity contribution is -0.142. The van der Waals surface area contributed by atoms with E-state index in [2.05, 4.69) is 42.1 Å². The lowest BCUT2D eigenvalue weighted by Crippen LogP contribution is -2.34. The van der Waals surface area contributed by atoms with Crippen LogP contribution in [0, 0.1) is 17.8 Å². The minimum absolute atomic E-state index is 0.266. The number of nitrogens with one attached hydrogen (secondary N) is 3. The summed E-state index contributed by atoms with van der Waals surface area (Å²) in [4.78, 5) is 11.3. The van der Waals surface area contributed by atoms with Crippen molar-refractivity contribution >= 4 is 5.97 Å². The van der Waals surface area contributed by atoms with Crippen molar-refractivity contribution in [1.29, 1.82) is 0 Å². The van der Waals surface area contributed by atoms with Gasteiger partial charge in [-0.15, -0.1) is 0 Å². The fraction of sp³-hybridized carbons (Fsp3) is 0.588. The van der Waals surface area contributed by atoms with E-state index in [1.807, 2.05) is 18.2 Å². The van der Waals surface area contributed by atoms with E-state index in [1.165, 1.54) is 5.56 Å². The summed E-state index contributed by atoms with van der Waals surface area (Å²) in [5.41, 5.74) is 7.78. The van der Waals surface area contributed by atoms with Crippen molar-refractivity contribution in [1.82, 2.24) is 16.2 Å². The minimum Gasteiger partial charge on any atom is -0.481 e. The molecule has 0 radical (unpaired) electrons. The molecule has 1 aromatic rings. The second-order valence-electron chi connectivity index (χ2n) is 6.50. The maximum atomic E-state index is 11.3. The van der Waals surface area contributed by atoms with E-state index >= 15 is 0 Å². The molecule has 0 spiro atoms. The minimum atomic E-state index is -0.705. The van der Waals surface area contributed by atoms with Gasteiger partial charge in [-0.25, -0.2) is 5.43 Å². The van der Waals surface area contributed by atoms with Crippen LogP contribution in [0.3, 0.4) is 0 Å². The number of rotatable bonds is 8. The first-order chi connectivity index (χ1) is 10.6. The van der Waals surface area contributed by atoms with Crippen LogP contribution in [0.4, 0.5) is 0 Å². The van der Waals surface area contributed by atoms with Gasteiger partial charge in [-0.05, 0) is 17.9 Å². The van der Waals surface area contributed by atoms with Crippen LogP contribution in [0.15, 0.2) is 30.3 Å². The topological polar surface area (TPSA) is 73.4 Å². The van der Waals surface area contributed by atoms with Crippen molar-refractivity contribution in [2.45, 2.75) is 26.3 Å². The number of carboxylic acids is 1. The molecule has 0 bridgehead atoms. The number of carbonyl (C=O) groups is 1. The highest BCUT2D eigenvalue weighted by Crippen LogP contribution is 2.24. The second kappa shape index (κ2) is 8.27. The highest BCUT2D eigenvalue weighted by Gasteiger charge is 2.28. The molecule has 1 aromatic carbocycles. The van der Waals surface area contributed by atoms with E-state index in [-0.39, 0.29) is 12.0 Å². The Morgan fingerprint density at radius 3 is 2.73 bits per heavy atom. The molecule has 5 nitrogen and oxygen atoms in total. The van der Waals surface area contributed by atoms with Crippen LogP contribution in [0.2, 0.25) is 0 Å². The first-order valence-corrected chi connectivity index (χ1v) is 8.04. The van der Waals surface area contributed by atoms with Crippen LogP contribution in [0.25, 0.3) is 0 Å². The molecule has 5 heteroatoms. The zero-order valence-corrected chi connectivity index (χ0v) is 13.4. The average molecular weight is 305 g/mol. The van der Waals surface area contributed by atoms with Gasteiger partial charge < -0.3 is 10.4 Å². The number of hydrazine groups is 1. The fourth-order valence-electron chi connectivity index (χ4n) is 3.03. The number of hydrogen-bond donors (Lipinski definition) is 4. The van der Waals surface area contributed by atoms with Gasteiger partial charge in [-0.1, -0.05) is 44.2 Å². The summed E-state index contributed by atoms with van der Waals surface area (Å²) in [7, 11) is 0. The normalized spacial score (nSPS) is 22.9. The maximum Gasteiger partial charge on any atom is 0.307 e. The Balaban J connectivity index is 1.84. The van der Waals surface area contributed by atoms with E-state index < -0.39 is 5.97 Å². The van der Waals surface area contributed by atoms with Crippen LogP contribution in [-0.4, -0.2) is 30.7 Å². The van der Waals surface area contributed by atoms with Crippen molar-refractivity contribution in [3.63, 3.8) is 0 Å². The number of hydrogen-bond acceptors (Lipinski definition) is 4. The Kier molecular flexibility index (Phi) is 6.36. The third-order valence-electron chi connectivity index (χ3n) is 4.15. The molecule has 122 valence electrons. The zero-order chi connectivity index (χ0) is 15.9. The molecule has 2 rings (SSSR count). The Morgan fingerprint density at radius 2 is 2.09 bits per heavy atom. The first kappa shape index (κ1) is 16.9. The monoisotopic (exact) mass is 305 g/mol. The molecule has 4 N–H and O–H groups in total. The molecule has 0 saturated carbocycles. The smallest absolute Gasteiger partial charge is 0.307 e. The van der Waals surface area contributed by atoms with Crippen LogP contribution in [0.5, 0.6) is 0 Å². The molecule has 0 aliphatic carbocycles. The summed E-state index contributed by atoms with van der Waals surface area (Å²) in [6.07, 6.45) is 0.714. The zero-order valence-electron chi connectivity index (χ0n) is 13.4. The Labute approximate surface area is 132 Å². The van der Waals surface area contributed by atoms with Crippen LogP contribution >= 0.6 is 0 Å². The van der Waals surface area contributed by atoms with Crippen LogP contribution in [-0.2, 0) is 4.79 Å². The fourth-order valence-corrected chi connectivity index (χ4v) is 3.03. The molecule has 1 heterocycles. The van der Waals surface area contributed by atoms with Gasteiger partial charge in [-0.2, -0.15) is 0 Å². The molecule has 0 aromatic heterocycles. The van der Waals surface area contributed by atoms with Crippen LogP contribution in [0.1, 0.15) is 31.9 Å². The van der Waals surface area contributed by atoms with Gasteiger partial charge in [0.25, 0.3) is 0 Å². The van der Waals surface area contributed by atoms with Gasteiger partial charge in [0.05, 0.1) is 12.0 Å². The molecule has 1 aliphatic heterocycles. The van der Waals surface area contributed by atoms with Crippen molar-refractivity contribution in [3.05, 3.63) is 35.9 Å². The standard InChI is InChI=1S/C17H27N3O2/c1-12(2)8-14(17(21)22)9-18-10-15-11-19-20-16(15)13-6-4-3-5-7-13/h3-7,12,14-16,18-20H,8-11H2,1-2H3,(H,21,22). The summed E-state index contributed by atoms with van der Waals surface area (Å²) >= 11 is 0. The maximum absolute atomic E-state index is 11.3. The van der Waals surface area contributed by atoms with Crippen molar-refractivity contribution < 1.29 is 9.90 Å². The Bertz CT molecular complexity index is 464. The largest absolute Gasteiger partial charge is 0.481 e. The molecule has 0 amide bonds. The number of benzene rings is 1. The van der Waals surface area contributed by atoms with E-state index in [9.17, 15) is 9.90 Å². The van der Waals surface area contributed by atoms with E-state index in [0.29, 0.717) is 24.8 Å². The highest BCUT2D eigenvalue weighted by molar-refractivity contribution is 5.70. The number of carboxylic acid groups (broad SMARTS) is 1. The summed E-state index contributed by atoms with van der Waals surface area (Å²) < 4.78 is 0. The van der Waals surface area contributed by atoms with Gasteiger partial charge in [0.15, 0.2) is 0 Å². The van der Waals surface area contributed by atoms with Gasteiger partial charge >= 0.3 is 5.97 Å². The molecular weight excluding hydrogens is 278 g/mol. The third-order valence-corrected chi connectivity index (χ3v) is 4.15.